The Morgan fingerprint density at radius 2 is 2.07 bits per heavy atom. The molecule has 2 aromatic rings. The highest BCUT2D eigenvalue weighted by Crippen LogP contribution is 2.32. The second kappa shape index (κ2) is 7.14. The van der Waals surface area contributed by atoms with Crippen molar-refractivity contribution < 1.29 is 9.47 Å². The van der Waals surface area contributed by atoms with Crippen molar-refractivity contribution in [3.63, 3.8) is 0 Å². The van der Waals surface area contributed by atoms with Gasteiger partial charge in [0.1, 0.15) is 5.52 Å². The van der Waals surface area contributed by atoms with E-state index in [2.05, 4.69) is 28.8 Å². The topological polar surface area (TPSA) is 108 Å². The summed E-state index contributed by atoms with van der Waals surface area (Å²) in [7, 11) is 0. The van der Waals surface area contributed by atoms with Crippen LogP contribution in [0.25, 0.3) is 11.2 Å². The Balaban J connectivity index is 1.49. The van der Waals surface area contributed by atoms with E-state index >= 15 is 0 Å². The summed E-state index contributed by atoms with van der Waals surface area (Å²) in [6.07, 6.45) is 6.50. The summed E-state index contributed by atoms with van der Waals surface area (Å²) >= 11 is 0. The van der Waals surface area contributed by atoms with Crippen molar-refractivity contribution in [2.45, 2.75) is 64.5 Å². The molecule has 2 aromatic heterocycles. The third-order valence-corrected chi connectivity index (χ3v) is 5.64. The molecule has 0 radical (unpaired) electrons. The Labute approximate surface area is 158 Å². The van der Waals surface area contributed by atoms with Crippen LogP contribution in [0.3, 0.4) is 0 Å². The SMILES string of the molecule is CC1(C)CC(CCn2c(=O)[nH]c3c(N)nc(OCCC4CC4)nc32)CCO1. The Morgan fingerprint density at radius 3 is 2.81 bits per heavy atom. The quantitative estimate of drug-likeness (QED) is 0.770. The Kier molecular flexibility index (Phi) is 4.84. The number of rotatable bonds is 7. The van der Waals surface area contributed by atoms with Gasteiger partial charge in [-0.25, -0.2) is 4.79 Å². The van der Waals surface area contributed by atoms with Crippen molar-refractivity contribution in [3.05, 3.63) is 10.5 Å². The number of nitrogen functional groups attached to an aromatic ring is 1. The molecule has 1 saturated carbocycles. The first kappa shape index (κ1) is 18.3. The van der Waals surface area contributed by atoms with Crippen LogP contribution in [0.4, 0.5) is 5.82 Å². The zero-order chi connectivity index (χ0) is 19.0. The van der Waals surface area contributed by atoms with E-state index in [1.807, 2.05) is 0 Å². The third-order valence-electron chi connectivity index (χ3n) is 5.64. The highest BCUT2D eigenvalue weighted by atomic mass is 16.5. The number of imidazole rings is 1. The maximum Gasteiger partial charge on any atom is 0.327 e. The fraction of sp³-hybridized carbons (Fsp3) is 0.737. The second-order valence-corrected chi connectivity index (χ2v) is 8.51. The number of hydrogen-bond donors (Lipinski definition) is 2. The van der Waals surface area contributed by atoms with Crippen LogP contribution in [0.2, 0.25) is 0 Å². The van der Waals surface area contributed by atoms with Gasteiger partial charge >= 0.3 is 11.7 Å². The zero-order valence-electron chi connectivity index (χ0n) is 16.2. The molecule has 3 heterocycles. The van der Waals surface area contributed by atoms with E-state index in [1.54, 1.807) is 4.57 Å². The van der Waals surface area contributed by atoms with Crippen molar-refractivity contribution >= 4 is 17.0 Å². The molecular weight excluding hydrogens is 346 g/mol. The smallest absolute Gasteiger partial charge is 0.327 e. The number of ether oxygens (including phenoxy) is 2. The van der Waals surface area contributed by atoms with Gasteiger partial charge in [-0.15, -0.1) is 0 Å². The maximum absolute atomic E-state index is 12.4. The number of aromatic nitrogens is 4. The van der Waals surface area contributed by atoms with Crippen molar-refractivity contribution in [2.24, 2.45) is 11.8 Å². The molecule has 27 heavy (non-hydrogen) atoms. The van der Waals surface area contributed by atoms with Gasteiger partial charge in [-0.05, 0) is 51.4 Å². The lowest BCUT2D eigenvalue weighted by atomic mass is 9.86. The number of nitrogens with one attached hydrogen (secondary N) is 1. The lowest BCUT2D eigenvalue weighted by Gasteiger charge is -2.35. The highest BCUT2D eigenvalue weighted by Gasteiger charge is 2.29. The molecule has 0 bridgehead atoms. The second-order valence-electron chi connectivity index (χ2n) is 8.51. The summed E-state index contributed by atoms with van der Waals surface area (Å²) in [4.78, 5) is 23.9. The predicted octanol–water partition coefficient (Wildman–Crippen LogP) is 2.48. The Morgan fingerprint density at radius 1 is 1.26 bits per heavy atom. The van der Waals surface area contributed by atoms with Crippen LogP contribution in [-0.4, -0.2) is 38.3 Å². The first-order valence-corrected chi connectivity index (χ1v) is 9.94. The molecular formula is C19H29N5O3. The van der Waals surface area contributed by atoms with Crippen molar-refractivity contribution in [2.75, 3.05) is 18.9 Å². The number of aryl methyl sites for hydroxylation is 1. The molecule has 0 amide bonds. The largest absolute Gasteiger partial charge is 0.463 e. The van der Waals surface area contributed by atoms with Gasteiger partial charge in [0.25, 0.3) is 0 Å². The van der Waals surface area contributed by atoms with E-state index in [9.17, 15) is 4.79 Å². The number of hydrogen-bond acceptors (Lipinski definition) is 6. The normalized spacial score (nSPS) is 22.2. The van der Waals surface area contributed by atoms with Crippen LogP contribution in [0, 0.1) is 11.8 Å². The van der Waals surface area contributed by atoms with Gasteiger partial charge in [0.05, 0.1) is 12.2 Å². The summed E-state index contributed by atoms with van der Waals surface area (Å²) in [5, 5.41) is 0. The predicted molar refractivity (Wildman–Crippen MR) is 103 cm³/mol. The molecule has 1 aliphatic carbocycles. The average Bonchev–Trinajstić information content (AvgIpc) is 3.35. The number of nitrogens with zero attached hydrogens (tertiary/aromatic N) is 3. The van der Waals surface area contributed by atoms with Crippen molar-refractivity contribution in [1.29, 1.82) is 0 Å². The summed E-state index contributed by atoms with van der Waals surface area (Å²) in [6, 6.07) is 0.251. The molecule has 1 saturated heterocycles. The van der Waals surface area contributed by atoms with E-state index in [-0.39, 0.29) is 23.1 Å². The monoisotopic (exact) mass is 375 g/mol. The highest BCUT2D eigenvalue weighted by molar-refractivity contribution is 5.81. The van der Waals surface area contributed by atoms with Gasteiger partial charge in [0.2, 0.25) is 0 Å². The molecule has 4 rings (SSSR count). The van der Waals surface area contributed by atoms with Gasteiger partial charge < -0.3 is 20.2 Å². The summed E-state index contributed by atoms with van der Waals surface area (Å²) in [5.41, 5.74) is 6.75. The van der Waals surface area contributed by atoms with Crippen molar-refractivity contribution in [1.82, 2.24) is 19.5 Å². The fourth-order valence-corrected chi connectivity index (χ4v) is 3.94. The van der Waals surface area contributed by atoms with Crippen LogP contribution in [0.15, 0.2) is 4.79 Å². The number of anilines is 1. The Bertz CT molecular complexity index is 868. The van der Waals surface area contributed by atoms with E-state index in [1.165, 1.54) is 12.8 Å². The molecule has 3 N–H and O–H groups in total. The van der Waals surface area contributed by atoms with Gasteiger partial charge in [0.15, 0.2) is 11.5 Å². The van der Waals surface area contributed by atoms with E-state index in [4.69, 9.17) is 15.2 Å². The molecule has 8 heteroatoms. The molecule has 2 aliphatic rings. The molecule has 0 spiro atoms. The minimum Gasteiger partial charge on any atom is -0.463 e. The number of fused-ring (bicyclic) bond motifs is 1. The molecule has 148 valence electrons. The van der Waals surface area contributed by atoms with Gasteiger partial charge in [-0.1, -0.05) is 12.8 Å². The number of nitrogens with two attached hydrogens (primary N) is 1. The van der Waals surface area contributed by atoms with Crippen LogP contribution < -0.4 is 16.2 Å². The minimum atomic E-state index is -0.201. The van der Waals surface area contributed by atoms with Crippen LogP contribution >= 0.6 is 0 Å². The molecule has 0 aromatic carbocycles. The first-order valence-electron chi connectivity index (χ1n) is 9.94. The average molecular weight is 375 g/mol. The lowest BCUT2D eigenvalue weighted by molar-refractivity contribution is -0.0740. The summed E-state index contributed by atoms with van der Waals surface area (Å²) in [5.74, 6) is 1.56. The van der Waals surface area contributed by atoms with Crippen LogP contribution in [0.1, 0.15) is 52.4 Å². The molecule has 8 nitrogen and oxygen atoms in total. The van der Waals surface area contributed by atoms with Gasteiger partial charge in [-0.3, -0.25) is 4.57 Å². The first-order chi connectivity index (χ1) is 12.9. The van der Waals surface area contributed by atoms with Gasteiger partial charge in [-0.2, -0.15) is 9.97 Å². The zero-order valence-corrected chi connectivity index (χ0v) is 16.2. The number of aromatic amines is 1. The Hall–Kier alpha value is -2.09. The third kappa shape index (κ3) is 4.26. The van der Waals surface area contributed by atoms with E-state index < -0.39 is 0 Å². The molecule has 1 atom stereocenters. The molecule has 2 fully saturated rings. The fourth-order valence-electron chi connectivity index (χ4n) is 3.94. The van der Waals surface area contributed by atoms with E-state index in [0.29, 0.717) is 30.2 Å². The van der Waals surface area contributed by atoms with Crippen LogP contribution in [-0.2, 0) is 11.3 Å². The number of H-pyrrole nitrogens is 1. The van der Waals surface area contributed by atoms with Gasteiger partial charge in [0, 0.05) is 13.2 Å². The summed E-state index contributed by atoms with van der Waals surface area (Å²) < 4.78 is 13.1. The van der Waals surface area contributed by atoms with Crippen LogP contribution in [0.5, 0.6) is 6.01 Å². The minimum absolute atomic E-state index is 0.0940. The maximum atomic E-state index is 12.4. The van der Waals surface area contributed by atoms with E-state index in [0.717, 1.165) is 38.2 Å². The lowest BCUT2D eigenvalue weighted by Crippen LogP contribution is -2.34. The molecule has 1 aliphatic heterocycles. The summed E-state index contributed by atoms with van der Waals surface area (Å²) in [6.45, 7) is 6.19. The molecule has 1 unspecified atom stereocenters. The van der Waals surface area contributed by atoms with Crippen molar-refractivity contribution in [3.8, 4) is 6.01 Å². The standard InChI is InChI=1S/C19H29N5O3/c1-19(2)11-13(7-10-27-19)5-8-24-16-14(21-18(24)25)15(20)22-17(23-16)26-9-6-12-3-4-12/h12-13H,3-11H2,1-2H3,(H,21,25)(H2,20,22,23).